The number of hydrogen-bond donors (Lipinski definition) is 0. The van der Waals surface area contributed by atoms with E-state index in [2.05, 4.69) is 21.8 Å². The van der Waals surface area contributed by atoms with Gasteiger partial charge in [-0.3, -0.25) is 0 Å². The lowest BCUT2D eigenvalue weighted by Crippen LogP contribution is -2.18. The van der Waals surface area contributed by atoms with Crippen molar-refractivity contribution >= 4 is 32.9 Å². The molecule has 0 unspecified atom stereocenters. The lowest BCUT2D eigenvalue weighted by Gasteiger charge is -2.12. The van der Waals surface area contributed by atoms with E-state index in [0.717, 1.165) is 22.3 Å². The van der Waals surface area contributed by atoms with Crippen molar-refractivity contribution < 1.29 is 0 Å². The van der Waals surface area contributed by atoms with Gasteiger partial charge in [0.1, 0.15) is 0 Å². The van der Waals surface area contributed by atoms with E-state index in [4.69, 9.17) is 13.1 Å². The topological polar surface area (TPSA) is 56.3 Å². The molecule has 0 aliphatic heterocycles. The smallest absolute Gasteiger partial charge is 0.226 e. The van der Waals surface area contributed by atoms with Gasteiger partial charge in [0, 0.05) is 10.4 Å². The van der Waals surface area contributed by atoms with Gasteiger partial charge in [0.25, 0.3) is 11.4 Å². The van der Waals surface area contributed by atoms with Crippen molar-refractivity contribution in [3.63, 3.8) is 0 Å². The molecule has 0 bridgehead atoms. The Kier molecular flexibility index (Phi) is 5.71. The van der Waals surface area contributed by atoms with Gasteiger partial charge in [0.15, 0.2) is 0 Å². The highest BCUT2D eigenvalue weighted by Gasteiger charge is 2.14. The minimum atomic E-state index is -0.0319. The van der Waals surface area contributed by atoms with Gasteiger partial charge in [-0.25, -0.2) is 20.2 Å². The van der Waals surface area contributed by atoms with E-state index in [1.807, 2.05) is 97.1 Å². The number of benzene rings is 5. The van der Waals surface area contributed by atoms with E-state index in [1.165, 1.54) is 0 Å². The second kappa shape index (κ2) is 9.29. The van der Waals surface area contributed by atoms with Gasteiger partial charge in [-0.05, 0) is 55.9 Å². The summed E-state index contributed by atoms with van der Waals surface area (Å²) in [5.41, 5.74) is 3.74. The summed E-state index contributed by atoms with van der Waals surface area (Å²) in [5.74, 6) is 0. The van der Waals surface area contributed by atoms with Crippen molar-refractivity contribution in [1.82, 2.24) is 0 Å². The Hall–Kier alpha value is -5.68. The molecule has 0 aliphatic rings. The Bertz CT molecular complexity index is 1780. The highest BCUT2D eigenvalue weighted by atomic mass is 14.7. The van der Waals surface area contributed by atoms with Crippen LogP contribution >= 0.6 is 0 Å². The second-order valence-corrected chi connectivity index (χ2v) is 8.15. The maximum atomic E-state index is 9.88. The molecule has 0 radical (unpaired) electrons. The minimum Gasteiger partial charge on any atom is -0.226 e. The summed E-state index contributed by atoms with van der Waals surface area (Å²) in [6.07, 6.45) is 0. The first-order chi connectivity index (χ1) is 17.7. The molecule has 36 heavy (non-hydrogen) atoms. The lowest BCUT2D eigenvalue weighted by atomic mass is 9.91. The van der Waals surface area contributed by atoms with Crippen LogP contribution < -0.4 is 10.4 Å². The molecule has 0 amide bonds. The standard InChI is InChI=1S/C32H16N4/c1-35-29(19-33)31-25-15-13-24(22-11-7-4-8-12-22)18-28(25)32(30(20-34)36-2)26-16-14-23(17-27(26)31)21-9-5-3-6-10-21/h3-18H/b31-29-,32-30+. The Morgan fingerprint density at radius 2 is 0.889 bits per heavy atom. The summed E-state index contributed by atoms with van der Waals surface area (Å²) in [5, 5.41) is 23.4. The number of hydrogen-bond acceptors (Lipinski definition) is 2. The summed E-state index contributed by atoms with van der Waals surface area (Å²) >= 11 is 0. The third-order valence-electron chi connectivity index (χ3n) is 6.24. The predicted octanol–water partition coefficient (Wildman–Crippen LogP) is 6.43. The van der Waals surface area contributed by atoms with Gasteiger partial charge >= 0.3 is 0 Å². The first-order valence-electron chi connectivity index (χ1n) is 11.1. The van der Waals surface area contributed by atoms with Crippen LogP contribution in [-0.4, -0.2) is 0 Å². The van der Waals surface area contributed by atoms with Crippen LogP contribution in [0.25, 0.3) is 64.9 Å². The largest absolute Gasteiger partial charge is 0.270 e. The zero-order chi connectivity index (χ0) is 25.1. The fourth-order valence-electron chi connectivity index (χ4n) is 4.63. The molecular formula is C32H16N4. The van der Waals surface area contributed by atoms with Gasteiger partial charge in [-0.15, -0.1) is 0 Å². The molecule has 164 valence electrons. The molecule has 4 heteroatoms. The van der Waals surface area contributed by atoms with Crippen LogP contribution in [0.15, 0.2) is 97.1 Å². The Labute approximate surface area is 208 Å². The quantitative estimate of drug-likeness (QED) is 0.227. The normalized spacial score (nSPS) is 12.1. The highest BCUT2D eigenvalue weighted by molar-refractivity contribution is 6.06. The maximum absolute atomic E-state index is 9.88. The molecule has 4 nitrogen and oxygen atoms in total. The van der Waals surface area contributed by atoms with Gasteiger partial charge in [0.2, 0.25) is 0 Å². The molecule has 5 aromatic rings. The average Bonchev–Trinajstić information content (AvgIpc) is 2.95. The third-order valence-corrected chi connectivity index (χ3v) is 6.24. The first-order valence-corrected chi connectivity index (χ1v) is 11.1. The highest BCUT2D eigenvalue weighted by Crippen LogP contribution is 2.27. The molecule has 0 spiro atoms. The van der Waals surface area contributed by atoms with Crippen LogP contribution in [0.5, 0.6) is 0 Å². The van der Waals surface area contributed by atoms with E-state index in [0.29, 0.717) is 32.0 Å². The molecule has 0 fully saturated rings. The molecule has 0 N–H and O–H groups in total. The molecule has 0 atom stereocenters. The fraction of sp³-hybridized carbons (Fsp3) is 0. The van der Waals surface area contributed by atoms with Crippen LogP contribution in [0.3, 0.4) is 0 Å². The summed E-state index contributed by atoms with van der Waals surface area (Å²) in [6.45, 7) is 15.4. The average molecular weight is 457 g/mol. The number of fused-ring (bicyclic) bond motifs is 2. The van der Waals surface area contributed by atoms with Crippen LogP contribution in [0.4, 0.5) is 0 Å². The number of rotatable bonds is 2. The van der Waals surface area contributed by atoms with Crippen LogP contribution in [0, 0.1) is 35.8 Å². The third kappa shape index (κ3) is 3.63. The summed E-state index contributed by atoms with van der Waals surface area (Å²) in [4.78, 5) is 7.10. The fourth-order valence-corrected chi connectivity index (χ4v) is 4.63. The van der Waals surface area contributed by atoms with Crippen LogP contribution in [0.2, 0.25) is 0 Å². The Balaban J connectivity index is 2.08. The minimum absolute atomic E-state index is 0.0319. The number of nitriles is 2. The molecule has 0 heterocycles. The predicted molar refractivity (Wildman–Crippen MR) is 143 cm³/mol. The molecule has 0 saturated heterocycles. The summed E-state index contributed by atoms with van der Waals surface area (Å²) in [7, 11) is 0. The Morgan fingerprint density at radius 3 is 1.22 bits per heavy atom. The molecule has 0 aliphatic carbocycles. The van der Waals surface area contributed by atoms with Gasteiger partial charge in [-0.2, -0.15) is 0 Å². The van der Waals surface area contributed by atoms with Crippen molar-refractivity contribution in [2.45, 2.75) is 0 Å². The van der Waals surface area contributed by atoms with E-state index >= 15 is 0 Å². The van der Waals surface area contributed by atoms with E-state index < -0.39 is 0 Å². The van der Waals surface area contributed by atoms with Crippen molar-refractivity contribution in [2.24, 2.45) is 0 Å². The number of nitrogens with zero attached hydrogens (tertiary/aromatic N) is 4. The second-order valence-electron chi connectivity index (χ2n) is 8.15. The zero-order valence-electron chi connectivity index (χ0n) is 19.0. The van der Waals surface area contributed by atoms with Crippen molar-refractivity contribution in [3.8, 4) is 34.4 Å². The van der Waals surface area contributed by atoms with Crippen molar-refractivity contribution in [2.75, 3.05) is 0 Å². The monoisotopic (exact) mass is 456 g/mol. The molecule has 0 aromatic heterocycles. The van der Waals surface area contributed by atoms with E-state index in [1.54, 1.807) is 0 Å². The molecule has 5 aromatic carbocycles. The van der Waals surface area contributed by atoms with Gasteiger partial charge < -0.3 is 0 Å². The van der Waals surface area contributed by atoms with Gasteiger partial charge in [-0.1, -0.05) is 84.9 Å². The lowest BCUT2D eigenvalue weighted by molar-refractivity contribution is 1.52. The van der Waals surface area contributed by atoms with Crippen LogP contribution in [0.1, 0.15) is 0 Å². The molecule has 5 rings (SSSR count). The first kappa shape index (κ1) is 22.1. The summed E-state index contributed by atoms with van der Waals surface area (Å²) < 4.78 is 0. The molecule has 0 saturated carbocycles. The van der Waals surface area contributed by atoms with E-state index in [9.17, 15) is 10.5 Å². The SMILES string of the molecule is [C-]#[N+]/C(C#N)=c1\c2cc(-c3ccccc3)ccc2/c(=C(/C#N)[N+]#[C-])c2cc(-c3ccccc3)ccc12. The zero-order valence-corrected chi connectivity index (χ0v) is 19.0. The van der Waals surface area contributed by atoms with Crippen molar-refractivity contribution in [1.29, 1.82) is 10.5 Å². The summed E-state index contributed by atoms with van der Waals surface area (Å²) in [6, 6.07) is 35.3. The Morgan fingerprint density at radius 1 is 0.500 bits per heavy atom. The van der Waals surface area contributed by atoms with Crippen molar-refractivity contribution in [3.05, 3.63) is 130 Å². The molecular weight excluding hydrogens is 440 g/mol. The van der Waals surface area contributed by atoms with Gasteiger partial charge in [0.05, 0.1) is 25.3 Å². The van der Waals surface area contributed by atoms with E-state index in [-0.39, 0.29) is 11.4 Å². The maximum Gasteiger partial charge on any atom is 0.270 e. The van der Waals surface area contributed by atoms with Crippen LogP contribution in [-0.2, 0) is 0 Å².